The number of carbonyl (C=O) groups is 1. The van der Waals surface area contributed by atoms with Crippen molar-refractivity contribution in [1.82, 2.24) is 19.5 Å². The number of imidazole rings is 1. The fourth-order valence-electron chi connectivity index (χ4n) is 2.82. The molecule has 1 amide bonds. The highest BCUT2D eigenvalue weighted by Gasteiger charge is 2.30. The summed E-state index contributed by atoms with van der Waals surface area (Å²) in [5.41, 5.74) is 1.14. The summed E-state index contributed by atoms with van der Waals surface area (Å²) in [5.74, 6) is 0.0256. The second-order valence-electron chi connectivity index (χ2n) is 7.06. The highest BCUT2D eigenvalue weighted by molar-refractivity contribution is 6.33. The second kappa shape index (κ2) is 6.27. The lowest BCUT2D eigenvalue weighted by Crippen LogP contribution is -2.27. The van der Waals surface area contributed by atoms with Gasteiger partial charge in [0.05, 0.1) is 18.5 Å². The average Bonchev–Trinajstić information content (AvgIpc) is 2.99. The fourth-order valence-corrected chi connectivity index (χ4v) is 3.03. The van der Waals surface area contributed by atoms with Crippen molar-refractivity contribution in [3.63, 3.8) is 0 Å². The molecule has 2 heterocycles. The zero-order valence-corrected chi connectivity index (χ0v) is 15.0. The highest BCUT2D eigenvalue weighted by atomic mass is 35.5. The molecule has 2 atom stereocenters. The van der Waals surface area contributed by atoms with Gasteiger partial charge in [0.15, 0.2) is 10.8 Å². The normalized spacial score (nSPS) is 20.9. The number of halogens is 1. The fraction of sp³-hybridized carbons (Fsp3) is 0.500. The first kappa shape index (κ1) is 17.6. The molecule has 0 spiro atoms. The van der Waals surface area contributed by atoms with Crippen molar-refractivity contribution in [2.24, 2.45) is 0 Å². The molecule has 8 nitrogen and oxygen atoms in total. The molecule has 1 aliphatic carbocycles. The average molecular weight is 366 g/mol. The Balaban J connectivity index is 1.93. The van der Waals surface area contributed by atoms with Gasteiger partial charge in [-0.3, -0.25) is 5.32 Å². The van der Waals surface area contributed by atoms with E-state index in [1.807, 2.05) is 0 Å². The number of hydrogen-bond donors (Lipinski definition) is 2. The number of aliphatic hydroxyl groups excluding tert-OH is 1. The van der Waals surface area contributed by atoms with Crippen molar-refractivity contribution in [2.75, 3.05) is 5.32 Å². The minimum Gasteiger partial charge on any atom is -0.444 e. The minimum absolute atomic E-state index is 0.0256. The number of aromatic nitrogens is 4. The standard InChI is InChI=1S/C16H20ClN5O3/c1-8-5-9(23)6-10(8)22-7-18-11-12(17)19-14(20-13(11)22)21-15(24)25-16(2,3)4/h7,9-10,23H,1,5-6H2,2-4H3,(H,19,20,21,24)/t9-,10?/m1/s1. The van der Waals surface area contributed by atoms with Gasteiger partial charge in [0.25, 0.3) is 0 Å². The van der Waals surface area contributed by atoms with Gasteiger partial charge >= 0.3 is 6.09 Å². The number of aliphatic hydroxyl groups is 1. The third-order valence-corrected chi connectivity index (χ3v) is 4.06. The molecule has 1 aliphatic rings. The topological polar surface area (TPSA) is 102 Å². The van der Waals surface area contributed by atoms with E-state index in [4.69, 9.17) is 16.3 Å². The lowest BCUT2D eigenvalue weighted by molar-refractivity contribution is 0.0634. The van der Waals surface area contributed by atoms with E-state index in [1.165, 1.54) is 0 Å². The van der Waals surface area contributed by atoms with E-state index in [9.17, 15) is 9.90 Å². The van der Waals surface area contributed by atoms with Gasteiger partial charge in [-0.15, -0.1) is 0 Å². The lowest BCUT2D eigenvalue weighted by atomic mass is 10.2. The van der Waals surface area contributed by atoms with Crippen LogP contribution >= 0.6 is 11.6 Å². The Labute approximate surface area is 149 Å². The van der Waals surface area contributed by atoms with E-state index in [0.717, 1.165) is 5.57 Å². The van der Waals surface area contributed by atoms with Crippen LogP contribution in [0.1, 0.15) is 39.7 Å². The summed E-state index contributed by atoms with van der Waals surface area (Å²) in [6.45, 7) is 9.29. The number of carbonyl (C=O) groups excluding carboxylic acids is 1. The number of rotatable bonds is 2. The minimum atomic E-state index is -0.672. The number of anilines is 1. The third kappa shape index (κ3) is 3.74. The van der Waals surface area contributed by atoms with E-state index >= 15 is 0 Å². The van der Waals surface area contributed by atoms with Crippen molar-refractivity contribution >= 4 is 34.8 Å². The van der Waals surface area contributed by atoms with Gasteiger partial charge < -0.3 is 14.4 Å². The van der Waals surface area contributed by atoms with Crippen LogP contribution in [0.5, 0.6) is 0 Å². The number of hydrogen-bond acceptors (Lipinski definition) is 6. The molecule has 25 heavy (non-hydrogen) atoms. The predicted octanol–water partition coefficient (Wildman–Crippen LogP) is 3.08. The van der Waals surface area contributed by atoms with Crippen molar-refractivity contribution in [3.05, 3.63) is 23.6 Å². The second-order valence-corrected chi connectivity index (χ2v) is 7.41. The number of nitrogens with one attached hydrogen (secondary N) is 1. The Morgan fingerprint density at radius 1 is 1.48 bits per heavy atom. The Hall–Kier alpha value is -2.19. The third-order valence-electron chi connectivity index (χ3n) is 3.79. The van der Waals surface area contributed by atoms with Crippen molar-refractivity contribution in [1.29, 1.82) is 0 Å². The summed E-state index contributed by atoms with van der Waals surface area (Å²) in [6.07, 6.45) is 1.55. The number of fused-ring (bicyclic) bond motifs is 1. The molecule has 9 heteroatoms. The Morgan fingerprint density at radius 2 is 2.20 bits per heavy atom. The molecule has 2 N–H and O–H groups in total. The molecule has 0 bridgehead atoms. The van der Waals surface area contributed by atoms with E-state index < -0.39 is 17.8 Å². The number of nitrogens with zero attached hydrogens (tertiary/aromatic N) is 4. The Kier molecular flexibility index (Phi) is 4.42. The SMILES string of the molecule is C=C1C[C@@H](O)CC1n1cnc2c(Cl)nc(NC(=O)OC(C)(C)C)nc21. The van der Waals surface area contributed by atoms with Crippen LogP contribution < -0.4 is 5.32 Å². The highest BCUT2D eigenvalue weighted by Crippen LogP contribution is 2.36. The quantitative estimate of drug-likeness (QED) is 0.626. The Morgan fingerprint density at radius 3 is 2.80 bits per heavy atom. The van der Waals surface area contributed by atoms with Crippen molar-refractivity contribution in [3.8, 4) is 0 Å². The Bertz CT molecular complexity index is 842. The molecule has 0 aromatic carbocycles. The maximum Gasteiger partial charge on any atom is 0.414 e. The van der Waals surface area contributed by atoms with Gasteiger partial charge in [0, 0.05) is 0 Å². The van der Waals surface area contributed by atoms with Crippen molar-refractivity contribution in [2.45, 2.75) is 51.4 Å². The van der Waals surface area contributed by atoms with Crippen LogP contribution in [-0.4, -0.2) is 42.4 Å². The summed E-state index contributed by atoms with van der Waals surface area (Å²) in [5, 5.41) is 12.5. The molecular formula is C16H20ClN5O3. The van der Waals surface area contributed by atoms with Crippen LogP contribution in [0.3, 0.4) is 0 Å². The van der Waals surface area contributed by atoms with Crippen molar-refractivity contribution < 1.29 is 14.6 Å². The molecule has 1 unspecified atom stereocenters. The molecule has 0 aliphatic heterocycles. The van der Waals surface area contributed by atoms with Crippen LogP contribution in [0.25, 0.3) is 11.2 Å². The molecule has 1 saturated carbocycles. The predicted molar refractivity (Wildman–Crippen MR) is 93.6 cm³/mol. The largest absolute Gasteiger partial charge is 0.444 e. The summed E-state index contributed by atoms with van der Waals surface area (Å²) in [4.78, 5) is 24.5. The summed E-state index contributed by atoms with van der Waals surface area (Å²) in [6, 6.07) is -0.125. The molecule has 2 aromatic rings. The smallest absolute Gasteiger partial charge is 0.414 e. The summed E-state index contributed by atoms with van der Waals surface area (Å²) >= 11 is 6.17. The van der Waals surface area contributed by atoms with E-state index in [0.29, 0.717) is 24.0 Å². The first-order valence-electron chi connectivity index (χ1n) is 7.90. The summed E-state index contributed by atoms with van der Waals surface area (Å²) < 4.78 is 6.99. The lowest BCUT2D eigenvalue weighted by Gasteiger charge is -2.19. The zero-order valence-electron chi connectivity index (χ0n) is 14.3. The van der Waals surface area contributed by atoms with E-state index in [2.05, 4.69) is 26.8 Å². The molecule has 0 radical (unpaired) electrons. The number of ether oxygens (including phenoxy) is 1. The molecule has 1 fully saturated rings. The molecule has 3 rings (SSSR count). The molecule has 134 valence electrons. The monoisotopic (exact) mass is 365 g/mol. The van der Waals surface area contributed by atoms with Gasteiger partial charge in [-0.2, -0.15) is 9.97 Å². The van der Waals surface area contributed by atoms with Crippen LogP contribution in [0.4, 0.5) is 10.7 Å². The van der Waals surface area contributed by atoms with Crippen LogP contribution in [0.15, 0.2) is 18.5 Å². The van der Waals surface area contributed by atoms with Gasteiger partial charge in [-0.25, -0.2) is 9.78 Å². The zero-order chi connectivity index (χ0) is 18.4. The van der Waals surface area contributed by atoms with Gasteiger partial charge in [-0.1, -0.05) is 23.8 Å². The van der Waals surface area contributed by atoms with Crippen LogP contribution in [0, 0.1) is 0 Å². The van der Waals surface area contributed by atoms with E-state index in [1.54, 1.807) is 31.7 Å². The maximum absolute atomic E-state index is 11.9. The molecule has 0 saturated heterocycles. The van der Waals surface area contributed by atoms with Gasteiger partial charge in [-0.05, 0) is 33.6 Å². The number of amides is 1. The first-order valence-corrected chi connectivity index (χ1v) is 8.27. The van der Waals surface area contributed by atoms with Crippen LogP contribution in [-0.2, 0) is 4.74 Å². The first-order chi connectivity index (χ1) is 11.6. The maximum atomic E-state index is 11.9. The molecule has 2 aromatic heterocycles. The van der Waals surface area contributed by atoms with E-state index in [-0.39, 0.29) is 17.1 Å². The van der Waals surface area contributed by atoms with Crippen LogP contribution in [0.2, 0.25) is 5.15 Å². The van der Waals surface area contributed by atoms with Gasteiger partial charge in [0.2, 0.25) is 5.95 Å². The van der Waals surface area contributed by atoms with Gasteiger partial charge in [0.1, 0.15) is 11.1 Å². The summed E-state index contributed by atoms with van der Waals surface area (Å²) in [7, 11) is 0. The molecular weight excluding hydrogens is 346 g/mol.